The summed E-state index contributed by atoms with van der Waals surface area (Å²) in [6, 6.07) is 5.05. The van der Waals surface area contributed by atoms with Crippen LogP contribution < -0.4 is 10.6 Å². The summed E-state index contributed by atoms with van der Waals surface area (Å²) in [6.45, 7) is 0.567. The van der Waals surface area contributed by atoms with Crippen LogP contribution in [0.5, 0.6) is 11.5 Å². The molecule has 1 aromatic carbocycles. The van der Waals surface area contributed by atoms with E-state index in [1.54, 1.807) is 18.2 Å². The zero-order valence-electron chi connectivity index (χ0n) is 7.49. The Kier molecular flexibility index (Phi) is 3.54. The monoisotopic (exact) mass is 183 g/mol. The fourth-order valence-corrected chi connectivity index (χ4v) is 1.04. The van der Waals surface area contributed by atoms with E-state index in [-0.39, 0.29) is 5.75 Å². The van der Waals surface area contributed by atoms with Gasteiger partial charge in [0, 0.05) is 0 Å². The van der Waals surface area contributed by atoms with Crippen molar-refractivity contribution in [2.45, 2.75) is 6.42 Å². The summed E-state index contributed by atoms with van der Waals surface area (Å²) in [4.78, 5) is 9.18. The minimum atomic E-state index is 0.0580. The van der Waals surface area contributed by atoms with Gasteiger partial charge in [0.05, 0.1) is 7.11 Å². The third kappa shape index (κ3) is 2.61. The number of phenols is 1. The van der Waals surface area contributed by atoms with Gasteiger partial charge >= 0.3 is 0 Å². The van der Waals surface area contributed by atoms with Gasteiger partial charge < -0.3 is 15.7 Å². The van der Waals surface area contributed by atoms with Crippen molar-refractivity contribution in [2.24, 2.45) is 5.73 Å². The van der Waals surface area contributed by atoms with E-state index < -0.39 is 0 Å². The second-order valence-electron chi connectivity index (χ2n) is 2.59. The van der Waals surface area contributed by atoms with Crippen LogP contribution in [0.25, 0.3) is 0 Å². The summed E-state index contributed by atoms with van der Waals surface area (Å²) in [5, 5.41) is 9.30. The van der Waals surface area contributed by atoms with Crippen molar-refractivity contribution in [3.63, 3.8) is 0 Å². The van der Waals surface area contributed by atoms with Crippen molar-refractivity contribution < 1.29 is 14.9 Å². The van der Waals surface area contributed by atoms with Gasteiger partial charge in [-0.2, -0.15) is 4.89 Å². The second-order valence-corrected chi connectivity index (χ2v) is 2.59. The first-order valence-electron chi connectivity index (χ1n) is 4.00. The van der Waals surface area contributed by atoms with Gasteiger partial charge in [-0.15, -0.1) is 0 Å². The van der Waals surface area contributed by atoms with Crippen LogP contribution in [-0.4, -0.2) is 18.8 Å². The number of benzene rings is 1. The van der Waals surface area contributed by atoms with Crippen LogP contribution in [0.15, 0.2) is 18.2 Å². The van der Waals surface area contributed by atoms with E-state index in [0.717, 1.165) is 12.0 Å². The Morgan fingerprint density at radius 2 is 2.23 bits per heavy atom. The smallest absolute Gasteiger partial charge is 0.207 e. The summed E-state index contributed by atoms with van der Waals surface area (Å²) in [5.41, 5.74) is 6.39. The molecule has 0 unspecified atom stereocenters. The molecule has 0 fully saturated rings. The number of hydrogen-bond acceptors (Lipinski definition) is 4. The highest BCUT2D eigenvalue weighted by Gasteiger charge is 2.03. The third-order valence-corrected chi connectivity index (χ3v) is 1.63. The average molecular weight is 183 g/mol. The third-order valence-electron chi connectivity index (χ3n) is 1.63. The van der Waals surface area contributed by atoms with Crippen molar-refractivity contribution in [2.75, 3.05) is 13.7 Å². The first kappa shape index (κ1) is 9.83. The molecule has 0 spiro atoms. The molecule has 4 heteroatoms. The average Bonchev–Trinajstić information content (AvgIpc) is 2.12. The molecule has 1 aromatic rings. The summed E-state index contributed by atoms with van der Waals surface area (Å²) in [5.74, 6) is 0.371. The number of phenolic OH excluding ortho intramolecular Hbond substituents is 1. The van der Waals surface area contributed by atoms with E-state index in [1.165, 1.54) is 7.11 Å². The Bertz CT molecular complexity index is 276. The Morgan fingerprint density at radius 1 is 1.46 bits per heavy atom. The summed E-state index contributed by atoms with van der Waals surface area (Å²) < 4.78 is 0. The first-order valence-corrected chi connectivity index (χ1v) is 4.00. The van der Waals surface area contributed by atoms with Crippen LogP contribution in [0.3, 0.4) is 0 Å². The van der Waals surface area contributed by atoms with E-state index in [2.05, 4.69) is 4.89 Å². The van der Waals surface area contributed by atoms with Crippen LogP contribution in [0.2, 0.25) is 0 Å². The van der Waals surface area contributed by atoms with E-state index in [0.29, 0.717) is 12.3 Å². The lowest BCUT2D eigenvalue weighted by Gasteiger charge is -2.05. The van der Waals surface area contributed by atoms with Gasteiger partial charge in [0.1, 0.15) is 0 Å². The van der Waals surface area contributed by atoms with Gasteiger partial charge in [0.2, 0.25) is 5.75 Å². The standard InChI is InChI=1S/C9H13NO3/c1-12-13-9-6-7(4-5-10)2-3-8(9)11/h2-3,6,11H,4-5,10H2,1H3. The lowest BCUT2D eigenvalue weighted by Crippen LogP contribution is -2.02. The van der Waals surface area contributed by atoms with Gasteiger partial charge in [0.15, 0.2) is 5.75 Å². The maximum Gasteiger partial charge on any atom is 0.207 e. The number of aromatic hydroxyl groups is 1. The van der Waals surface area contributed by atoms with Crippen LogP contribution in [0, 0.1) is 0 Å². The second kappa shape index (κ2) is 4.69. The highest BCUT2D eigenvalue weighted by atomic mass is 17.2. The molecular formula is C9H13NO3. The Balaban J connectivity index is 2.83. The van der Waals surface area contributed by atoms with Crippen molar-refractivity contribution in [3.8, 4) is 11.5 Å². The van der Waals surface area contributed by atoms with Crippen LogP contribution >= 0.6 is 0 Å². The Hall–Kier alpha value is -1.26. The van der Waals surface area contributed by atoms with Gasteiger partial charge in [-0.25, -0.2) is 0 Å². The molecule has 0 aliphatic carbocycles. The number of nitrogens with two attached hydrogens (primary N) is 1. The van der Waals surface area contributed by atoms with E-state index in [4.69, 9.17) is 10.6 Å². The summed E-state index contributed by atoms with van der Waals surface area (Å²) in [7, 11) is 1.38. The van der Waals surface area contributed by atoms with Gasteiger partial charge in [0.25, 0.3) is 0 Å². The van der Waals surface area contributed by atoms with E-state index in [9.17, 15) is 5.11 Å². The van der Waals surface area contributed by atoms with Crippen molar-refractivity contribution in [1.29, 1.82) is 0 Å². The molecule has 0 aliphatic heterocycles. The fraction of sp³-hybridized carbons (Fsp3) is 0.333. The molecule has 4 nitrogen and oxygen atoms in total. The predicted molar refractivity (Wildman–Crippen MR) is 48.5 cm³/mol. The molecule has 3 N–H and O–H groups in total. The molecule has 0 amide bonds. The van der Waals surface area contributed by atoms with Crippen LogP contribution in [-0.2, 0) is 11.3 Å². The quantitative estimate of drug-likeness (QED) is 0.536. The predicted octanol–water partition coefficient (Wildman–Crippen LogP) is 0.834. The molecule has 0 aromatic heterocycles. The lowest BCUT2D eigenvalue weighted by atomic mass is 10.1. The molecule has 0 saturated carbocycles. The topological polar surface area (TPSA) is 64.7 Å². The molecule has 1 rings (SSSR count). The van der Waals surface area contributed by atoms with E-state index in [1.807, 2.05) is 0 Å². The summed E-state index contributed by atoms with van der Waals surface area (Å²) in [6.07, 6.45) is 0.750. The highest BCUT2D eigenvalue weighted by molar-refractivity contribution is 5.41. The minimum absolute atomic E-state index is 0.0580. The molecule has 0 aliphatic rings. The molecule has 0 bridgehead atoms. The Labute approximate surface area is 76.8 Å². The number of rotatable bonds is 4. The van der Waals surface area contributed by atoms with Crippen molar-refractivity contribution in [1.82, 2.24) is 0 Å². The maximum absolute atomic E-state index is 9.30. The maximum atomic E-state index is 9.30. The molecule has 0 radical (unpaired) electrons. The molecule has 0 heterocycles. The van der Waals surface area contributed by atoms with Crippen molar-refractivity contribution in [3.05, 3.63) is 23.8 Å². The molecule has 0 saturated heterocycles. The summed E-state index contributed by atoms with van der Waals surface area (Å²) >= 11 is 0. The minimum Gasteiger partial charge on any atom is -0.504 e. The first-order chi connectivity index (χ1) is 6.27. The molecule has 13 heavy (non-hydrogen) atoms. The normalized spacial score (nSPS) is 10.0. The number of hydrogen-bond donors (Lipinski definition) is 2. The zero-order chi connectivity index (χ0) is 9.68. The molecule has 0 atom stereocenters. The Morgan fingerprint density at radius 3 is 2.85 bits per heavy atom. The SMILES string of the molecule is COOc1cc(CCN)ccc1O. The fourth-order valence-electron chi connectivity index (χ4n) is 1.04. The zero-order valence-corrected chi connectivity index (χ0v) is 7.49. The van der Waals surface area contributed by atoms with Gasteiger partial charge in [-0.1, -0.05) is 6.07 Å². The largest absolute Gasteiger partial charge is 0.504 e. The van der Waals surface area contributed by atoms with Crippen LogP contribution in [0.4, 0.5) is 0 Å². The van der Waals surface area contributed by atoms with Crippen molar-refractivity contribution >= 4 is 0 Å². The molecule has 72 valence electrons. The van der Waals surface area contributed by atoms with Gasteiger partial charge in [-0.3, -0.25) is 0 Å². The van der Waals surface area contributed by atoms with Gasteiger partial charge in [-0.05, 0) is 30.7 Å². The lowest BCUT2D eigenvalue weighted by molar-refractivity contribution is -0.179. The van der Waals surface area contributed by atoms with Crippen LogP contribution in [0.1, 0.15) is 5.56 Å². The molecular weight excluding hydrogens is 170 g/mol. The van der Waals surface area contributed by atoms with E-state index >= 15 is 0 Å². The highest BCUT2D eigenvalue weighted by Crippen LogP contribution is 2.26.